The molecule has 2 fully saturated rings. The van der Waals surface area contributed by atoms with Crippen molar-refractivity contribution >= 4 is 24.0 Å². The van der Waals surface area contributed by atoms with Gasteiger partial charge >= 0.3 is 0 Å². The number of aromatic nitrogens is 1. The van der Waals surface area contributed by atoms with Crippen molar-refractivity contribution in [3.63, 3.8) is 0 Å². The summed E-state index contributed by atoms with van der Waals surface area (Å²) in [6, 6.07) is 3.62. The molecule has 0 atom stereocenters. The number of pyridine rings is 1. The summed E-state index contributed by atoms with van der Waals surface area (Å²) in [4.78, 5) is 18.5. The van der Waals surface area contributed by atoms with Crippen molar-refractivity contribution in [3.05, 3.63) is 24.0 Å². The number of rotatable bonds is 2. The van der Waals surface area contributed by atoms with Crippen molar-refractivity contribution < 1.29 is 9.53 Å². The summed E-state index contributed by atoms with van der Waals surface area (Å²) < 4.78 is 5.43. The molecular weight excluding hydrogens is 290 g/mol. The minimum absolute atomic E-state index is 0. The lowest BCUT2D eigenvalue weighted by atomic mass is 9.80. The molecule has 2 aliphatic heterocycles. The summed E-state index contributed by atoms with van der Waals surface area (Å²) in [6.07, 6.45) is 5.24. The van der Waals surface area contributed by atoms with Crippen LogP contribution in [0.5, 0.6) is 0 Å². The average molecular weight is 312 g/mol. The van der Waals surface area contributed by atoms with Crippen LogP contribution in [0.15, 0.2) is 18.3 Å². The van der Waals surface area contributed by atoms with Gasteiger partial charge in [-0.3, -0.25) is 9.78 Å². The van der Waals surface area contributed by atoms with Gasteiger partial charge in [-0.25, -0.2) is 0 Å². The van der Waals surface area contributed by atoms with Crippen LogP contribution in [0, 0.1) is 5.41 Å². The normalized spacial score (nSPS) is 20.3. The third kappa shape index (κ3) is 3.66. The smallest absolute Gasteiger partial charge is 0.228 e. The first kappa shape index (κ1) is 16.0. The maximum Gasteiger partial charge on any atom is 0.228 e. The third-order valence-corrected chi connectivity index (χ3v) is 4.52. The molecular formula is C15H22ClN3O2. The maximum absolute atomic E-state index is 12.3. The summed E-state index contributed by atoms with van der Waals surface area (Å²) >= 11 is 0. The zero-order valence-corrected chi connectivity index (χ0v) is 12.9. The van der Waals surface area contributed by atoms with Gasteiger partial charge < -0.3 is 15.4 Å². The molecule has 3 heterocycles. The molecule has 1 aromatic heterocycles. The molecule has 1 aromatic rings. The van der Waals surface area contributed by atoms with E-state index in [9.17, 15) is 4.79 Å². The van der Waals surface area contributed by atoms with Gasteiger partial charge in [0.2, 0.25) is 5.91 Å². The lowest BCUT2D eigenvalue weighted by Crippen LogP contribution is -2.36. The van der Waals surface area contributed by atoms with Crippen LogP contribution in [0.25, 0.3) is 0 Å². The Hall–Kier alpha value is -1.33. The molecule has 0 unspecified atom stereocenters. The van der Waals surface area contributed by atoms with Gasteiger partial charge in [-0.05, 0) is 36.8 Å². The third-order valence-electron chi connectivity index (χ3n) is 4.52. The Morgan fingerprint density at radius 2 is 2.10 bits per heavy atom. The number of hydrogen-bond acceptors (Lipinski definition) is 4. The summed E-state index contributed by atoms with van der Waals surface area (Å²) in [7, 11) is 0. The SMILES string of the molecule is Cl.Nc1ccc(CC(=O)N2CCC3(CCOCC3)C2)nc1. The van der Waals surface area contributed by atoms with Crippen LogP contribution in [0.1, 0.15) is 25.0 Å². The van der Waals surface area contributed by atoms with Crippen molar-refractivity contribution in [1.29, 1.82) is 0 Å². The van der Waals surface area contributed by atoms with Gasteiger partial charge in [0, 0.05) is 32.0 Å². The highest BCUT2D eigenvalue weighted by molar-refractivity contribution is 5.85. The van der Waals surface area contributed by atoms with E-state index < -0.39 is 0 Å². The van der Waals surface area contributed by atoms with Crippen molar-refractivity contribution in [1.82, 2.24) is 9.88 Å². The molecule has 3 rings (SSSR count). The van der Waals surface area contributed by atoms with E-state index in [4.69, 9.17) is 10.5 Å². The minimum atomic E-state index is 0. The Bertz CT molecular complexity index is 486. The molecule has 2 N–H and O–H groups in total. The van der Waals surface area contributed by atoms with Crippen molar-refractivity contribution in [2.24, 2.45) is 5.41 Å². The van der Waals surface area contributed by atoms with Crippen LogP contribution in [0.4, 0.5) is 5.69 Å². The van der Waals surface area contributed by atoms with E-state index in [-0.39, 0.29) is 18.3 Å². The first-order valence-electron chi connectivity index (χ1n) is 7.23. The Kier molecular flexibility index (Phi) is 5.06. The van der Waals surface area contributed by atoms with E-state index in [2.05, 4.69) is 4.98 Å². The number of nitrogen functional groups attached to an aromatic ring is 1. The summed E-state index contributed by atoms with van der Waals surface area (Å²) in [5.41, 5.74) is 7.33. The highest BCUT2D eigenvalue weighted by atomic mass is 35.5. The zero-order valence-electron chi connectivity index (χ0n) is 12.1. The second kappa shape index (κ2) is 6.62. The number of amides is 1. The molecule has 0 radical (unpaired) electrons. The van der Waals surface area contributed by atoms with E-state index in [1.54, 1.807) is 12.3 Å². The van der Waals surface area contributed by atoms with Crippen LogP contribution < -0.4 is 5.73 Å². The first-order chi connectivity index (χ1) is 9.67. The molecule has 0 aromatic carbocycles. The number of hydrogen-bond donors (Lipinski definition) is 1. The van der Waals surface area contributed by atoms with Gasteiger partial charge in [-0.2, -0.15) is 0 Å². The summed E-state index contributed by atoms with van der Waals surface area (Å²) in [6.45, 7) is 3.42. The monoisotopic (exact) mass is 311 g/mol. The molecule has 116 valence electrons. The van der Waals surface area contributed by atoms with Crippen molar-refractivity contribution in [2.45, 2.75) is 25.7 Å². The highest BCUT2D eigenvalue weighted by Crippen LogP contribution is 2.39. The molecule has 0 saturated carbocycles. The molecule has 0 aliphatic carbocycles. The van der Waals surface area contributed by atoms with E-state index in [1.807, 2.05) is 11.0 Å². The second-order valence-corrected chi connectivity index (χ2v) is 5.94. The number of halogens is 1. The average Bonchev–Trinajstić information content (AvgIpc) is 2.86. The molecule has 21 heavy (non-hydrogen) atoms. The van der Waals surface area contributed by atoms with E-state index >= 15 is 0 Å². The Balaban J connectivity index is 0.00000161. The van der Waals surface area contributed by atoms with E-state index in [0.29, 0.717) is 17.5 Å². The number of likely N-dealkylation sites (tertiary alicyclic amines) is 1. The van der Waals surface area contributed by atoms with E-state index in [0.717, 1.165) is 51.3 Å². The maximum atomic E-state index is 12.3. The number of carbonyl (C=O) groups is 1. The lowest BCUT2D eigenvalue weighted by Gasteiger charge is -2.33. The molecule has 1 spiro atoms. The molecule has 2 saturated heterocycles. The van der Waals surface area contributed by atoms with Crippen molar-refractivity contribution in [2.75, 3.05) is 32.0 Å². The second-order valence-electron chi connectivity index (χ2n) is 5.94. The number of nitrogens with zero attached hydrogens (tertiary/aromatic N) is 2. The van der Waals surface area contributed by atoms with Crippen LogP contribution in [0.2, 0.25) is 0 Å². The van der Waals surface area contributed by atoms with Crippen LogP contribution >= 0.6 is 12.4 Å². The fourth-order valence-corrected chi connectivity index (χ4v) is 3.17. The number of anilines is 1. The lowest BCUT2D eigenvalue weighted by molar-refractivity contribution is -0.130. The number of ether oxygens (including phenoxy) is 1. The topological polar surface area (TPSA) is 68.5 Å². The summed E-state index contributed by atoms with van der Waals surface area (Å²) in [5.74, 6) is 0.172. The number of nitrogens with two attached hydrogens (primary N) is 1. The van der Waals surface area contributed by atoms with Gasteiger partial charge in [0.05, 0.1) is 18.3 Å². The van der Waals surface area contributed by atoms with Gasteiger partial charge in [0.1, 0.15) is 0 Å². The molecule has 1 amide bonds. The van der Waals surface area contributed by atoms with Crippen LogP contribution in [-0.4, -0.2) is 42.1 Å². The first-order valence-corrected chi connectivity index (χ1v) is 7.23. The van der Waals surface area contributed by atoms with Gasteiger partial charge in [-0.15, -0.1) is 12.4 Å². The summed E-state index contributed by atoms with van der Waals surface area (Å²) in [5, 5.41) is 0. The Morgan fingerprint density at radius 3 is 2.76 bits per heavy atom. The van der Waals surface area contributed by atoms with Crippen LogP contribution in [0.3, 0.4) is 0 Å². The van der Waals surface area contributed by atoms with Gasteiger partial charge in [0.25, 0.3) is 0 Å². The zero-order chi connectivity index (χ0) is 14.0. The predicted molar refractivity (Wildman–Crippen MR) is 83.3 cm³/mol. The largest absolute Gasteiger partial charge is 0.397 e. The number of carbonyl (C=O) groups excluding carboxylic acids is 1. The van der Waals surface area contributed by atoms with Gasteiger partial charge in [-0.1, -0.05) is 0 Å². The fraction of sp³-hybridized carbons (Fsp3) is 0.600. The van der Waals surface area contributed by atoms with Crippen molar-refractivity contribution in [3.8, 4) is 0 Å². The molecule has 6 heteroatoms. The van der Waals surface area contributed by atoms with Gasteiger partial charge in [0.15, 0.2) is 0 Å². The molecule has 0 bridgehead atoms. The fourth-order valence-electron chi connectivity index (χ4n) is 3.17. The Labute approximate surface area is 131 Å². The molecule has 2 aliphatic rings. The molecule has 5 nitrogen and oxygen atoms in total. The van der Waals surface area contributed by atoms with Crippen LogP contribution in [-0.2, 0) is 16.0 Å². The quantitative estimate of drug-likeness (QED) is 0.902. The predicted octanol–water partition coefficient (Wildman–Crippen LogP) is 1.66. The highest BCUT2D eigenvalue weighted by Gasteiger charge is 2.40. The van der Waals surface area contributed by atoms with E-state index in [1.165, 1.54) is 0 Å². The minimum Gasteiger partial charge on any atom is -0.397 e. The Morgan fingerprint density at radius 1 is 1.33 bits per heavy atom. The standard InChI is InChI=1S/C15H21N3O2.ClH/c16-12-1-2-13(17-10-12)9-14(19)18-6-3-15(11-18)4-7-20-8-5-15;/h1-2,10H,3-9,11,16H2;1H.